The predicted molar refractivity (Wildman–Crippen MR) is 91.9 cm³/mol. The van der Waals surface area contributed by atoms with Crippen molar-refractivity contribution in [3.05, 3.63) is 70.1 Å². The number of hydrogen-bond donors (Lipinski definition) is 5. The van der Waals surface area contributed by atoms with Gasteiger partial charge in [0.25, 0.3) is 11.6 Å². The number of carbonyl (C=O) groups is 1. The molecular formula is C16H16N4O5. The number of nitro benzene ring substituents is 1. The van der Waals surface area contributed by atoms with Gasteiger partial charge in [0, 0.05) is 17.8 Å². The van der Waals surface area contributed by atoms with E-state index in [0.717, 1.165) is 18.2 Å². The summed E-state index contributed by atoms with van der Waals surface area (Å²) in [7, 11) is 0. The van der Waals surface area contributed by atoms with Crippen LogP contribution < -0.4 is 16.2 Å². The summed E-state index contributed by atoms with van der Waals surface area (Å²) in [5, 5.41) is 32.8. The Morgan fingerprint density at radius 1 is 1.16 bits per heavy atom. The summed E-state index contributed by atoms with van der Waals surface area (Å²) in [5.41, 5.74) is 4.95. The molecule has 0 heterocycles. The molecule has 0 saturated carbocycles. The van der Waals surface area contributed by atoms with Crippen molar-refractivity contribution in [2.24, 2.45) is 0 Å². The highest BCUT2D eigenvalue weighted by Gasteiger charge is 2.15. The maximum atomic E-state index is 12.2. The Balaban J connectivity index is 2.13. The molecule has 0 bridgehead atoms. The van der Waals surface area contributed by atoms with E-state index in [2.05, 4.69) is 16.2 Å². The lowest BCUT2D eigenvalue weighted by molar-refractivity contribution is -0.384. The standard InChI is InChI=1S/C16H16N4O5/c1-10(21)15(16(23)17-11-5-3-2-4-6-11)19-18-13-9-12(20(24)25)7-8-14(13)22/h2-9,18-19,21-22H,1H3,(H,17,23). The number of hydrogen-bond acceptors (Lipinski definition) is 7. The molecule has 0 aliphatic carbocycles. The number of anilines is 2. The zero-order valence-corrected chi connectivity index (χ0v) is 13.2. The van der Waals surface area contributed by atoms with Crippen molar-refractivity contribution in [3.63, 3.8) is 0 Å². The number of nitrogens with one attached hydrogen (secondary N) is 3. The lowest BCUT2D eigenvalue weighted by Gasteiger charge is -2.15. The minimum absolute atomic E-state index is 0.0274. The number of amides is 1. The quantitative estimate of drug-likeness (QED) is 0.179. The van der Waals surface area contributed by atoms with Crippen molar-refractivity contribution in [3.8, 4) is 5.75 Å². The number of phenolic OH excluding ortho intramolecular Hbond substituents is 1. The molecule has 9 heteroatoms. The summed E-state index contributed by atoms with van der Waals surface area (Å²) in [6, 6.07) is 12.0. The Hall–Kier alpha value is -3.75. The van der Waals surface area contributed by atoms with E-state index in [4.69, 9.17) is 0 Å². The number of aromatic hydroxyl groups is 1. The number of para-hydroxylation sites is 1. The minimum atomic E-state index is -0.636. The number of benzene rings is 2. The van der Waals surface area contributed by atoms with Gasteiger partial charge in [-0.25, -0.2) is 0 Å². The number of rotatable bonds is 6. The highest BCUT2D eigenvalue weighted by Crippen LogP contribution is 2.27. The molecule has 2 aromatic carbocycles. The van der Waals surface area contributed by atoms with Crippen molar-refractivity contribution in [2.45, 2.75) is 6.92 Å². The lowest BCUT2D eigenvalue weighted by Crippen LogP contribution is -2.31. The molecule has 0 atom stereocenters. The number of nitrogens with zero attached hydrogens (tertiary/aromatic N) is 1. The molecule has 2 rings (SSSR count). The van der Waals surface area contributed by atoms with Crippen LogP contribution in [0.4, 0.5) is 17.1 Å². The van der Waals surface area contributed by atoms with Crippen LogP contribution in [0.3, 0.4) is 0 Å². The molecule has 0 unspecified atom stereocenters. The second-order valence-electron chi connectivity index (χ2n) is 4.99. The number of allylic oxidation sites excluding steroid dienone is 1. The van der Waals surface area contributed by atoms with Crippen LogP contribution in [0.2, 0.25) is 0 Å². The molecule has 25 heavy (non-hydrogen) atoms. The van der Waals surface area contributed by atoms with Crippen molar-refractivity contribution in [1.29, 1.82) is 0 Å². The Labute approximate surface area is 142 Å². The van der Waals surface area contributed by atoms with Crippen molar-refractivity contribution < 1.29 is 19.9 Å². The molecule has 0 aliphatic heterocycles. The second-order valence-corrected chi connectivity index (χ2v) is 4.99. The molecule has 2 aromatic rings. The van der Waals surface area contributed by atoms with E-state index < -0.39 is 10.8 Å². The van der Waals surface area contributed by atoms with Gasteiger partial charge < -0.3 is 15.5 Å². The normalized spacial score (nSPS) is 11.2. The van der Waals surface area contributed by atoms with Gasteiger partial charge in [-0.2, -0.15) is 0 Å². The Morgan fingerprint density at radius 3 is 2.44 bits per heavy atom. The van der Waals surface area contributed by atoms with E-state index in [-0.39, 0.29) is 28.6 Å². The highest BCUT2D eigenvalue weighted by atomic mass is 16.6. The molecule has 130 valence electrons. The average molecular weight is 344 g/mol. The van der Waals surface area contributed by atoms with Gasteiger partial charge >= 0.3 is 0 Å². The van der Waals surface area contributed by atoms with Crippen molar-refractivity contribution in [1.82, 2.24) is 5.43 Å². The molecule has 0 saturated heterocycles. The zero-order chi connectivity index (χ0) is 18.4. The molecular weight excluding hydrogens is 328 g/mol. The Morgan fingerprint density at radius 2 is 1.84 bits per heavy atom. The second kappa shape index (κ2) is 7.68. The third-order valence-electron chi connectivity index (χ3n) is 3.13. The zero-order valence-electron chi connectivity index (χ0n) is 13.2. The lowest BCUT2D eigenvalue weighted by atomic mass is 10.2. The van der Waals surface area contributed by atoms with E-state index in [1.165, 1.54) is 6.92 Å². The van der Waals surface area contributed by atoms with Crippen molar-refractivity contribution >= 4 is 23.0 Å². The summed E-state index contributed by atoms with van der Waals surface area (Å²) in [6.07, 6.45) is 0. The highest BCUT2D eigenvalue weighted by molar-refractivity contribution is 6.03. The summed E-state index contributed by atoms with van der Waals surface area (Å²) < 4.78 is 0. The first-order valence-corrected chi connectivity index (χ1v) is 7.14. The summed E-state index contributed by atoms with van der Waals surface area (Å²) in [5.74, 6) is -1.22. The van der Waals surface area contributed by atoms with Gasteiger partial charge in [-0.1, -0.05) is 18.2 Å². The van der Waals surface area contributed by atoms with Gasteiger partial charge in [0.15, 0.2) is 5.70 Å². The summed E-state index contributed by atoms with van der Waals surface area (Å²) in [6.45, 7) is 1.29. The SMILES string of the molecule is CC(O)=C(NNc1cc([N+](=O)[O-])ccc1O)C(=O)Nc1ccccc1. The van der Waals surface area contributed by atoms with Crippen molar-refractivity contribution in [2.75, 3.05) is 10.7 Å². The number of carbonyl (C=O) groups excluding carboxylic acids is 1. The number of aliphatic hydroxyl groups excluding tert-OH is 1. The molecule has 9 nitrogen and oxygen atoms in total. The molecule has 0 radical (unpaired) electrons. The first-order valence-electron chi connectivity index (χ1n) is 7.14. The topological polar surface area (TPSA) is 137 Å². The molecule has 0 fully saturated rings. The first kappa shape index (κ1) is 17.6. The number of non-ortho nitro benzene ring substituents is 1. The van der Waals surface area contributed by atoms with Crippen LogP contribution in [-0.4, -0.2) is 21.0 Å². The smallest absolute Gasteiger partial charge is 0.277 e. The van der Waals surface area contributed by atoms with Crippen LogP contribution >= 0.6 is 0 Å². The largest absolute Gasteiger partial charge is 0.510 e. The van der Waals surface area contributed by atoms with Gasteiger partial charge in [0.1, 0.15) is 17.2 Å². The van der Waals surface area contributed by atoms with Gasteiger partial charge in [-0.3, -0.25) is 25.8 Å². The van der Waals surface area contributed by atoms with Gasteiger partial charge in [-0.15, -0.1) is 0 Å². The molecule has 5 N–H and O–H groups in total. The van der Waals surface area contributed by atoms with E-state index in [0.29, 0.717) is 5.69 Å². The fraction of sp³-hybridized carbons (Fsp3) is 0.0625. The maximum Gasteiger partial charge on any atom is 0.277 e. The van der Waals surface area contributed by atoms with Crippen LogP contribution in [-0.2, 0) is 4.79 Å². The number of phenols is 1. The average Bonchev–Trinajstić information content (AvgIpc) is 2.57. The number of nitro groups is 1. The van der Waals surface area contributed by atoms with Crippen LogP contribution in [0.15, 0.2) is 60.0 Å². The van der Waals surface area contributed by atoms with E-state index in [9.17, 15) is 25.1 Å². The van der Waals surface area contributed by atoms with Gasteiger partial charge in [0.05, 0.1) is 4.92 Å². The molecule has 0 aliphatic rings. The van der Waals surface area contributed by atoms with Crippen LogP contribution in [0.1, 0.15) is 6.92 Å². The first-order chi connectivity index (χ1) is 11.9. The van der Waals surface area contributed by atoms with Crippen LogP contribution in [0.5, 0.6) is 5.75 Å². The third kappa shape index (κ3) is 4.61. The number of aliphatic hydroxyl groups is 1. The maximum absolute atomic E-state index is 12.2. The summed E-state index contributed by atoms with van der Waals surface area (Å²) in [4.78, 5) is 22.4. The predicted octanol–water partition coefficient (Wildman–Crippen LogP) is 2.65. The Bertz CT molecular complexity index is 817. The Kier molecular flexibility index (Phi) is 5.41. The van der Waals surface area contributed by atoms with E-state index in [1.807, 2.05) is 0 Å². The van der Waals surface area contributed by atoms with E-state index in [1.54, 1.807) is 30.3 Å². The van der Waals surface area contributed by atoms with Gasteiger partial charge in [0.2, 0.25) is 0 Å². The fourth-order valence-electron chi connectivity index (χ4n) is 1.89. The molecule has 1 amide bonds. The monoisotopic (exact) mass is 344 g/mol. The molecule has 0 aromatic heterocycles. The minimum Gasteiger partial charge on any atom is -0.510 e. The summed E-state index contributed by atoms with van der Waals surface area (Å²) >= 11 is 0. The van der Waals surface area contributed by atoms with Crippen LogP contribution in [0.25, 0.3) is 0 Å². The van der Waals surface area contributed by atoms with Crippen LogP contribution in [0, 0.1) is 10.1 Å². The van der Waals surface area contributed by atoms with E-state index >= 15 is 0 Å². The number of hydrazine groups is 1. The fourth-order valence-corrected chi connectivity index (χ4v) is 1.89. The molecule has 0 spiro atoms. The van der Waals surface area contributed by atoms with Gasteiger partial charge in [-0.05, 0) is 25.1 Å². The third-order valence-corrected chi connectivity index (χ3v) is 3.13.